The van der Waals surface area contributed by atoms with E-state index in [1.807, 2.05) is 6.07 Å². The van der Waals surface area contributed by atoms with E-state index >= 15 is 0 Å². The van der Waals surface area contributed by atoms with Crippen LogP contribution in [0.2, 0.25) is 0 Å². The number of nitriles is 1. The Bertz CT molecular complexity index is 1070. The molecule has 0 unspecified atom stereocenters. The molecule has 1 N–H and O–H groups in total. The van der Waals surface area contributed by atoms with Gasteiger partial charge in [-0.1, -0.05) is 42.5 Å². The highest BCUT2D eigenvalue weighted by Gasteiger charge is 2.07. The number of hydrogen-bond acceptors (Lipinski definition) is 3. The molecule has 0 aliphatic carbocycles. The van der Waals surface area contributed by atoms with Crippen molar-refractivity contribution in [2.45, 2.75) is 6.61 Å². The van der Waals surface area contributed by atoms with Gasteiger partial charge in [-0.05, 0) is 47.5 Å². The van der Waals surface area contributed by atoms with Gasteiger partial charge in [-0.15, -0.1) is 0 Å². The van der Waals surface area contributed by atoms with Gasteiger partial charge >= 0.3 is 5.97 Å². The number of carboxylic acid groups (broad SMARTS) is 1. The van der Waals surface area contributed by atoms with E-state index in [0.29, 0.717) is 5.75 Å². The first kappa shape index (κ1) is 18.9. The van der Waals surface area contributed by atoms with Gasteiger partial charge in [0.05, 0.1) is 17.2 Å². The highest BCUT2D eigenvalue weighted by atomic mass is 19.1. The molecular weight excluding hydrogens is 357 g/mol. The summed E-state index contributed by atoms with van der Waals surface area (Å²) in [5, 5.41) is 18.4. The van der Waals surface area contributed by atoms with Crippen molar-refractivity contribution in [3.63, 3.8) is 0 Å². The molecule has 0 aliphatic rings. The van der Waals surface area contributed by atoms with Crippen LogP contribution in [0.15, 0.2) is 72.8 Å². The Balaban J connectivity index is 1.71. The minimum Gasteiger partial charge on any atom is -0.489 e. The van der Waals surface area contributed by atoms with Gasteiger partial charge in [-0.25, -0.2) is 9.18 Å². The molecule has 0 atom stereocenters. The summed E-state index contributed by atoms with van der Waals surface area (Å²) < 4.78 is 19.6. The molecule has 0 bridgehead atoms. The molecule has 5 heteroatoms. The molecule has 3 aromatic carbocycles. The Morgan fingerprint density at radius 3 is 2.50 bits per heavy atom. The molecular formula is C23H16FNO3. The van der Waals surface area contributed by atoms with Crippen LogP contribution in [-0.2, 0) is 6.61 Å². The minimum absolute atomic E-state index is 0.207. The van der Waals surface area contributed by atoms with Gasteiger partial charge in [-0.3, -0.25) is 0 Å². The van der Waals surface area contributed by atoms with Gasteiger partial charge < -0.3 is 9.84 Å². The predicted molar refractivity (Wildman–Crippen MR) is 104 cm³/mol. The van der Waals surface area contributed by atoms with E-state index in [4.69, 9.17) is 9.84 Å². The quantitative estimate of drug-likeness (QED) is 0.478. The van der Waals surface area contributed by atoms with Crippen molar-refractivity contribution in [2.75, 3.05) is 0 Å². The zero-order valence-corrected chi connectivity index (χ0v) is 14.8. The van der Waals surface area contributed by atoms with Crippen LogP contribution in [0, 0.1) is 17.1 Å². The van der Waals surface area contributed by atoms with Crippen molar-refractivity contribution in [2.24, 2.45) is 0 Å². The third kappa shape index (κ3) is 4.63. The molecule has 0 aliphatic heterocycles. The van der Waals surface area contributed by atoms with E-state index in [9.17, 15) is 14.4 Å². The molecule has 138 valence electrons. The highest BCUT2D eigenvalue weighted by molar-refractivity contribution is 5.89. The Morgan fingerprint density at radius 2 is 1.82 bits per heavy atom. The van der Waals surface area contributed by atoms with Gasteiger partial charge in [0.2, 0.25) is 0 Å². The maximum absolute atomic E-state index is 13.9. The second-order valence-corrected chi connectivity index (χ2v) is 6.01. The summed E-state index contributed by atoms with van der Waals surface area (Å²) in [5.41, 5.74) is 2.18. The van der Waals surface area contributed by atoms with Crippen LogP contribution in [0.3, 0.4) is 0 Å². The number of hydrogen-bond donors (Lipinski definition) is 1. The standard InChI is InChI=1S/C23H16FNO3/c24-22-7-2-1-6-21(22)19(14-25)12-16-8-10-20(11-9-16)28-15-17-4-3-5-18(13-17)23(26)27/h1-13H,15H2,(H,26,27). The van der Waals surface area contributed by atoms with Crippen LogP contribution in [-0.4, -0.2) is 11.1 Å². The van der Waals surface area contributed by atoms with Crippen molar-refractivity contribution in [3.8, 4) is 11.8 Å². The Labute approximate surface area is 161 Å². The summed E-state index contributed by atoms with van der Waals surface area (Å²) in [7, 11) is 0. The largest absolute Gasteiger partial charge is 0.489 e. The lowest BCUT2D eigenvalue weighted by molar-refractivity contribution is 0.0696. The number of halogens is 1. The summed E-state index contributed by atoms with van der Waals surface area (Å²) in [6.07, 6.45) is 1.61. The minimum atomic E-state index is -0.985. The van der Waals surface area contributed by atoms with Crippen molar-refractivity contribution in [3.05, 3.63) is 101 Å². The fraction of sp³-hybridized carbons (Fsp3) is 0.0435. The van der Waals surface area contributed by atoms with Crippen LogP contribution >= 0.6 is 0 Å². The van der Waals surface area contributed by atoms with E-state index < -0.39 is 11.8 Å². The summed E-state index contributed by atoms with van der Waals surface area (Å²) >= 11 is 0. The van der Waals surface area contributed by atoms with Gasteiger partial charge in [0.15, 0.2) is 0 Å². The fourth-order valence-corrected chi connectivity index (χ4v) is 2.64. The topological polar surface area (TPSA) is 70.3 Å². The number of ether oxygens (including phenoxy) is 1. The number of benzene rings is 3. The summed E-state index contributed by atoms with van der Waals surface area (Å²) in [6, 6.07) is 21.7. The van der Waals surface area contributed by atoms with Gasteiger partial charge in [0.1, 0.15) is 18.2 Å². The average Bonchev–Trinajstić information content (AvgIpc) is 2.72. The first-order valence-electron chi connectivity index (χ1n) is 8.48. The normalized spacial score (nSPS) is 10.9. The van der Waals surface area contributed by atoms with Crippen molar-refractivity contribution in [1.29, 1.82) is 5.26 Å². The third-order valence-corrected chi connectivity index (χ3v) is 4.06. The lowest BCUT2D eigenvalue weighted by Gasteiger charge is -2.07. The van der Waals surface area contributed by atoms with E-state index in [-0.39, 0.29) is 23.3 Å². The number of rotatable bonds is 6. The van der Waals surface area contributed by atoms with Gasteiger partial charge in [0, 0.05) is 5.56 Å². The molecule has 3 rings (SSSR count). The number of carbonyl (C=O) groups is 1. The molecule has 0 heterocycles. The SMILES string of the molecule is N#CC(=Cc1ccc(OCc2cccc(C(=O)O)c2)cc1)c1ccccc1F. The van der Waals surface area contributed by atoms with Crippen molar-refractivity contribution >= 4 is 17.6 Å². The Kier molecular flexibility index (Phi) is 5.83. The van der Waals surface area contributed by atoms with Crippen LogP contribution in [0.1, 0.15) is 27.0 Å². The van der Waals surface area contributed by atoms with Crippen LogP contribution in [0.5, 0.6) is 5.75 Å². The molecule has 4 nitrogen and oxygen atoms in total. The molecule has 3 aromatic rings. The van der Waals surface area contributed by atoms with Crippen LogP contribution in [0.25, 0.3) is 11.6 Å². The van der Waals surface area contributed by atoms with E-state index in [1.165, 1.54) is 12.1 Å². The monoisotopic (exact) mass is 373 g/mol. The second-order valence-electron chi connectivity index (χ2n) is 6.01. The average molecular weight is 373 g/mol. The molecule has 28 heavy (non-hydrogen) atoms. The van der Waals surface area contributed by atoms with Gasteiger partial charge in [0.25, 0.3) is 0 Å². The predicted octanol–water partition coefficient (Wildman–Crippen LogP) is 5.17. The van der Waals surface area contributed by atoms with Crippen molar-refractivity contribution < 1.29 is 19.0 Å². The lowest BCUT2D eigenvalue weighted by Crippen LogP contribution is -2.00. The molecule has 0 amide bonds. The Hall–Kier alpha value is -3.91. The molecule has 0 saturated carbocycles. The fourth-order valence-electron chi connectivity index (χ4n) is 2.64. The van der Waals surface area contributed by atoms with Gasteiger partial charge in [-0.2, -0.15) is 5.26 Å². The lowest BCUT2D eigenvalue weighted by atomic mass is 10.0. The van der Waals surface area contributed by atoms with E-state index in [2.05, 4.69) is 0 Å². The number of nitrogens with zero attached hydrogens (tertiary/aromatic N) is 1. The number of aromatic carboxylic acids is 1. The summed E-state index contributed by atoms with van der Waals surface area (Å²) in [5.74, 6) is -0.831. The first-order valence-corrected chi connectivity index (χ1v) is 8.48. The molecule has 0 spiro atoms. The molecule has 0 fully saturated rings. The smallest absolute Gasteiger partial charge is 0.335 e. The summed E-state index contributed by atoms with van der Waals surface area (Å²) in [4.78, 5) is 11.0. The van der Waals surface area contributed by atoms with E-state index in [0.717, 1.165) is 11.1 Å². The highest BCUT2D eigenvalue weighted by Crippen LogP contribution is 2.22. The molecule has 0 saturated heterocycles. The first-order chi connectivity index (χ1) is 13.6. The molecule has 0 aromatic heterocycles. The van der Waals surface area contributed by atoms with Crippen LogP contribution < -0.4 is 4.74 Å². The van der Waals surface area contributed by atoms with Crippen LogP contribution in [0.4, 0.5) is 4.39 Å². The maximum Gasteiger partial charge on any atom is 0.335 e. The van der Waals surface area contributed by atoms with E-state index in [1.54, 1.807) is 66.7 Å². The number of carboxylic acids is 1. The Morgan fingerprint density at radius 1 is 1.07 bits per heavy atom. The van der Waals surface area contributed by atoms with Crippen molar-refractivity contribution in [1.82, 2.24) is 0 Å². The zero-order valence-electron chi connectivity index (χ0n) is 14.8. The summed E-state index contributed by atoms with van der Waals surface area (Å²) in [6.45, 7) is 0.231. The number of allylic oxidation sites excluding steroid dienone is 1. The third-order valence-electron chi connectivity index (χ3n) is 4.06. The maximum atomic E-state index is 13.9. The zero-order chi connectivity index (χ0) is 19.9. The molecule has 0 radical (unpaired) electrons. The second kappa shape index (κ2) is 8.65.